The van der Waals surface area contributed by atoms with Crippen molar-refractivity contribution < 1.29 is 0 Å². The summed E-state index contributed by atoms with van der Waals surface area (Å²) in [5, 5.41) is 1.37. The van der Waals surface area contributed by atoms with Crippen LogP contribution < -0.4 is 0 Å². The van der Waals surface area contributed by atoms with Crippen molar-refractivity contribution in [1.82, 2.24) is 4.98 Å². The third-order valence-corrected chi connectivity index (χ3v) is 2.86. The summed E-state index contributed by atoms with van der Waals surface area (Å²) in [5.41, 5.74) is 2.58. The van der Waals surface area contributed by atoms with E-state index in [9.17, 15) is 0 Å². The van der Waals surface area contributed by atoms with Gasteiger partial charge in [-0.25, -0.2) is 0 Å². The average Bonchev–Trinajstić information content (AvgIpc) is 2.49. The zero-order valence-electron chi connectivity index (χ0n) is 7.22. The van der Waals surface area contributed by atoms with Gasteiger partial charge >= 0.3 is 0 Å². The Morgan fingerprint density at radius 1 is 1.33 bits per heavy atom. The third-order valence-electron chi connectivity index (χ3n) is 2.10. The monoisotopic (exact) mass is 177 g/mol. The van der Waals surface area contributed by atoms with Gasteiger partial charge < -0.3 is 4.98 Å². The first kappa shape index (κ1) is 7.74. The second kappa shape index (κ2) is 2.87. The fraction of sp³-hybridized carbons (Fsp3) is 0.200. The molecule has 0 atom stereocenters. The number of hydrogen-bond acceptors (Lipinski definition) is 1. The maximum atomic E-state index is 3.26. The molecule has 0 aliphatic heterocycles. The normalized spacial score (nSPS) is 10.8. The van der Waals surface area contributed by atoms with Crippen LogP contribution in [0.25, 0.3) is 10.9 Å². The molecule has 1 aromatic carbocycles. The SMILES string of the molecule is CSc1c[nH]c2cccc(C)c12. The van der Waals surface area contributed by atoms with Crippen molar-refractivity contribution in [3.05, 3.63) is 30.0 Å². The van der Waals surface area contributed by atoms with Gasteiger partial charge in [0.2, 0.25) is 0 Å². The van der Waals surface area contributed by atoms with E-state index in [0.717, 1.165) is 0 Å². The summed E-state index contributed by atoms with van der Waals surface area (Å²) in [6.45, 7) is 2.15. The molecule has 1 heterocycles. The van der Waals surface area contributed by atoms with Gasteiger partial charge in [-0.3, -0.25) is 0 Å². The van der Waals surface area contributed by atoms with E-state index < -0.39 is 0 Å². The summed E-state index contributed by atoms with van der Waals surface area (Å²) in [6, 6.07) is 6.34. The van der Waals surface area contributed by atoms with E-state index in [2.05, 4.69) is 42.6 Å². The molecule has 0 amide bonds. The zero-order chi connectivity index (χ0) is 8.55. The van der Waals surface area contributed by atoms with Crippen molar-refractivity contribution in [2.75, 3.05) is 6.26 Å². The molecule has 0 aliphatic carbocycles. The fourth-order valence-corrected chi connectivity index (χ4v) is 2.14. The highest BCUT2D eigenvalue weighted by Crippen LogP contribution is 2.28. The molecular weight excluding hydrogens is 166 g/mol. The number of thioether (sulfide) groups is 1. The summed E-state index contributed by atoms with van der Waals surface area (Å²) < 4.78 is 0. The standard InChI is InChI=1S/C10H11NS/c1-7-4-3-5-8-10(7)9(12-2)6-11-8/h3-6,11H,1-2H3. The lowest BCUT2D eigenvalue weighted by Gasteiger charge is -1.97. The Morgan fingerprint density at radius 3 is 2.92 bits per heavy atom. The highest BCUT2D eigenvalue weighted by Gasteiger charge is 2.03. The number of aromatic nitrogens is 1. The molecular formula is C10H11NS. The molecule has 0 radical (unpaired) electrons. The van der Waals surface area contributed by atoms with E-state index in [4.69, 9.17) is 0 Å². The maximum absolute atomic E-state index is 3.26. The zero-order valence-corrected chi connectivity index (χ0v) is 8.03. The quantitative estimate of drug-likeness (QED) is 0.661. The third kappa shape index (κ3) is 1.03. The summed E-state index contributed by atoms with van der Waals surface area (Å²) >= 11 is 1.79. The molecule has 2 rings (SSSR count). The molecule has 2 heteroatoms. The maximum Gasteiger partial charge on any atom is 0.0468 e. The lowest BCUT2D eigenvalue weighted by Crippen LogP contribution is -1.74. The van der Waals surface area contributed by atoms with Crippen molar-refractivity contribution >= 4 is 22.7 Å². The first-order valence-electron chi connectivity index (χ1n) is 3.93. The van der Waals surface area contributed by atoms with Crippen LogP contribution in [-0.2, 0) is 0 Å². The Morgan fingerprint density at radius 2 is 2.17 bits per heavy atom. The molecule has 1 aromatic heterocycles. The summed E-state index contributed by atoms with van der Waals surface area (Å²) in [4.78, 5) is 4.60. The predicted molar refractivity (Wildman–Crippen MR) is 54.8 cm³/mol. The number of nitrogens with one attached hydrogen (secondary N) is 1. The first-order chi connectivity index (χ1) is 5.83. The van der Waals surface area contributed by atoms with Gasteiger partial charge in [-0.15, -0.1) is 11.8 Å². The van der Waals surface area contributed by atoms with Crippen LogP contribution in [0.3, 0.4) is 0 Å². The summed E-state index contributed by atoms with van der Waals surface area (Å²) in [6.07, 6.45) is 4.18. The second-order valence-electron chi connectivity index (χ2n) is 2.85. The van der Waals surface area contributed by atoms with E-state index in [0.29, 0.717) is 0 Å². The Hall–Kier alpha value is -0.890. The Balaban J connectivity index is 2.83. The molecule has 12 heavy (non-hydrogen) atoms. The number of aromatic amines is 1. The Bertz CT molecular complexity index is 403. The van der Waals surface area contributed by atoms with E-state index in [1.165, 1.54) is 21.4 Å². The van der Waals surface area contributed by atoms with Gasteiger partial charge in [0.25, 0.3) is 0 Å². The van der Waals surface area contributed by atoms with Crippen molar-refractivity contribution in [3.8, 4) is 0 Å². The lowest BCUT2D eigenvalue weighted by atomic mass is 10.1. The fourth-order valence-electron chi connectivity index (χ4n) is 1.49. The number of hydrogen-bond donors (Lipinski definition) is 1. The molecule has 0 fully saturated rings. The number of fused-ring (bicyclic) bond motifs is 1. The molecule has 0 aliphatic rings. The van der Waals surface area contributed by atoms with Crippen LogP contribution in [-0.4, -0.2) is 11.2 Å². The largest absolute Gasteiger partial charge is 0.360 e. The molecule has 0 saturated heterocycles. The first-order valence-corrected chi connectivity index (χ1v) is 5.16. The van der Waals surface area contributed by atoms with Crippen LogP contribution in [0, 0.1) is 6.92 Å². The molecule has 1 nitrogen and oxygen atoms in total. The van der Waals surface area contributed by atoms with Crippen LogP contribution >= 0.6 is 11.8 Å². The van der Waals surface area contributed by atoms with Crippen LogP contribution in [0.5, 0.6) is 0 Å². The summed E-state index contributed by atoms with van der Waals surface area (Å²) in [5.74, 6) is 0. The predicted octanol–water partition coefficient (Wildman–Crippen LogP) is 3.20. The highest BCUT2D eigenvalue weighted by atomic mass is 32.2. The Labute approximate surface area is 76.2 Å². The van der Waals surface area contributed by atoms with Gasteiger partial charge in [-0.1, -0.05) is 12.1 Å². The number of aryl methyl sites for hydroxylation is 1. The minimum absolute atomic E-state index is 1.24. The van der Waals surface area contributed by atoms with Gasteiger partial charge in [-0.2, -0.15) is 0 Å². The molecule has 2 aromatic rings. The van der Waals surface area contributed by atoms with Gasteiger partial charge in [0.05, 0.1) is 0 Å². The van der Waals surface area contributed by atoms with Crippen molar-refractivity contribution in [2.24, 2.45) is 0 Å². The second-order valence-corrected chi connectivity index (χ2v) is 3.70. The van der Waals surface area contributed by atoms with E-state index in [1.807, 2.05) is 0 Å². The van der Waals surface area contributed by atoms with E-state index in [1.54, 1.807) is 11.8 Å². The minimum atomic E-state index is 1.24. The molecule has 62 valence electrons. The number of rotatable bonds is 1. The van der Waals surface area contributed by atoms with Crippen LogP contribution in [0.1, 0.15) is 5.56 Å². The van der Waals surface area contributed by atoms with Gasteiger partial charge in [0, 0.05) is 22.0 Å². The minimum Gasteiger partial charge on any atom is -0.360 e. The number of H-pyrrole nitrogens is 1. The highest BCUT2D eigenvalue weighted by molar-refractivity contribution is 7.98. The van der Waals surface area contributed by atoms with Crippen LogP contribution in [0.2, 0.25) is 0 Å². The van der Waals surface area contributed by atoms with Gasteiger partial charge in [0.1, 0.15) is 0 Å². The van der Waals surface area contributed by atoms with E-state index in [-0.39, 0.29) is 0 Å². The van der Waals surface area contributed by atoms with Crippen molar-refractivity contribution in [1.29, 1.82) is 0 Å². The molecule has 0 bridgehead atoms. The van der Waals surface area contributed by atoms with Crippen molar-refractivity contribution in [3.63, 3.8) is 0 Å². The smallest absolute Gasteiger partial charge is 0.0468 e. The number of benzene rings is 1. The molecule has 0 unspecified atom stereocenters. The van der Waals surface area contributed by atoms with E-state index >= 15 is 0 Å². The Kier molecular flexibility index (Phi) is 1.85. The average molecular weight is 177 g/mol. The topological polar surface area (TPSA) is 15.8 Å². The van der Waals surface area contributed by atoms with Crippen LogP contribution in [0.15, 0.2) is 29.3 Å². The van der Waals surface area contributed by atoms with Crippen molar-refractivity contribution in [2.45, 2.75) is 11.8 Å². The molecule has 1 N–H and O–H groups in total. The van der Waals surface area contributed by atoms with Crippen LogP contribution in [0.4, 0.5) is 0 Å². The molecule has 0 spiro atoms. The van der Waals surface area contributed by atoms with Gasteiger partial charge in [-0.05, 0) is 24.8 Å². The summed E-state index contributed by atoms with van der Waals surface area (Å²) in [7, 11) is 0. The van der Waals surface area contributed by atoms with Gasteiger partial charge in [0.15, 0.2) is 0 Å². The molecule has 0 saturated carbocycles. The lowest BCUT2D eigenvalue weighted by molar-refractivity contribution is 1.42.